The van der Waals surface area contributed by atoms with Gasteiger partial charge in [-0.05, 0) is 57.9 Å². The number of amides is 3. The molecule has 7 nitrogen and oxygen atoms in total. The van der Waals surface area contributed by atoms with Crippen molar-refractivity contribution in [1.82, 2.24) is 15.5 Å². The highest BCUT2D eigenvalue weighted by atomic mass is 16.6. The molecule has 0 radical (unpaired) electrons. The third-order valence-corrected chi connectivity index (χ3v) is 5.69. The van der Waals surface area contributed by atoms with Gasteiger partial charge in [0.25, 0.3) is 0 Å². The van der Waals surface area contributed by atoms with Gasteiger partial charge >= 0.3 is 6.09 Å². The van der Waals surface area contributed by atoms with Gasteiger partial charge in [-0.2, -0.15) is 0 Å². The second kappa shape index (κ2) is 11.2. The lowest BCUT2D eigenvalue weighted by molar-refractivity contribution is -0.138. The Morgan fingerprint density at radius 2 is 1.75 bits per heavy atom. The molecule has 0 aromatic heterocycles. The number of likely N-dealkylation sites (tertiary alicyclic amines) is 1. The van der Waals surface area contributed by atoms with Crippen LogP contribution in [0.15, 0.2) is 43.0 Å². The summed E-state index contributed by atoms with van der Waals surface area (Å²) in [6, 6.07) is 9.55. The first-order chi connectivity index (χ1) is 15.1. The van der Waals surface area contributed by atoms with E-state index >= 15 is 0 Å². The highest BCUT2D eigenvalue weighted by Crippen LogP contribution is 2.34. The molecular formula is C25H37N3O4. The highest BCUT2D eigenvalue weighted by Gasteiger charge is 2.47. The Hall–Kier alpha value is -2.83. The zero-order valence-corrected chi connectivity index (χ0v) is 19.8. The van der Waals surface area contributed by atoms with Crippen molar-refractivity contribution in [1.29, 1.82) is 0 Å². The van der Waals surface area contributed by atoms with Crippen LogP contribution in [0.25, 0.3) is 0 Å². The third-order valence-electron chi connectivity index (χ3n) is 5.69. The van der Waals surface area contributed by atoms with Crippen LogP contribution < -0.4 is 10.6 Å². The number of allylic oxidation sites excluding steroid dienone is 1. The van der Waals surface area contributed by atoms with E-state index in [1.165, 1.54) is 6.92 Å². The minimum absolute atomic E-state index is 0.105. The van der Waals surface area contributed by atoms with Gasteiger partial charge in [0, 0.05) is 25.6 Å². The van der Waals surface area contributed by atoms with Crippen LogP contribution in [0, 0.1) is 5.92 Å². The molecule has 1 aromatic carbocycles. The van der Waals surface area contributed by atoms with Crippen LogP contribution in [0.5, 0.6) is 0 Å². The Morgan fingerprint density at radius 1 is 1.12 bits per heavy atom. The van der Waals surface area contributed by atoms with Crippen LogP contribution in [0.3, 0.4) is 0 Å². The summed E-state index contributed by atoms with van der Waals surface area (Å²) in [6.07, 6.45) is 3.64. The largest absolute Gasteiger partial charge is 0.445 e. The number of nitrogens with zero attached hydrogens (tertiary/aromatic N) is 1. The zero-order chi connectivity index (χ0) is 23.8. The summed E-state index contributed by atoms with van der Waals surface area (Å²) in [7, 11) is 0. The minimum atomic E-state index is -1.05. The first kappa shape index (κ1) is 25.4. The lowest BCUT2D eigenvalue weighted by Gasteiger charge is -2.45. The molecular weight excluding hydrogens is 406 g/mol. The molecule has 1 aromatic rings. The van der Waals surface area contributed by atoms with Gasteiger partial charge in [-0.15, -0.1) is 6.58 Å². The van der Waals surface area contributed by atoms with Crippen LogP contribution in [0.4, 0.5) is 4.79 Å². The maximum absolute atomic E-state index is 13.4. The summed E-state index contributed by atoms with van der Waals surface area (Å²) in [5, 5.41) is 6.03. The Morgan fingerprint density at radius 3 is 2.28 bits per heavy atom. The Labute approximate surface area is 191 Å². The van der Waals surface area contributed by atoms with E-state index in [1.807, 2.05) is 51.1 Å². The first-order valence-corrected chi connectivity index (χ1v) is 11.3. The minimum Gasteiger partial charge on any atom is -0.445 e. The standard InChI is InChI=1S/C25H37N3O4/c1-6-7-15-25(26-19(2)29,22(30)27-24(3,4)5)21-13-16-28(17-14-21)23(31)32-18-20-11-9-8-10-12-20/h6,8-12,21H,1,7,13-18H2,2-5H3,(H,26,29)(H,27,30). The van der Waals surface area contributed by atoms with E-state index in [9.17, 15) is 14.4 Å². The normalized spacial score (nSPS) is 16.6. The van der Waals surface area contributed by atoms with Crippen molar-refractivity contribution in [2.24, 2.45) is 5.92 Å². The molecule has 1 heterocycles. The fraction of sp³-hybridized carbons (Fsp3) is 0.560. The van der Waals surface area contributed by atoms with Crippen molar-refractivity contribution < 1.29 is 19.1 Å². The number of hydrogen-bond acceptors (Lipinski definition) is 4. The second-order valence-electron chi connectivity index (χ2n) is 9.49. The van der Waals surface area contributed by atoms with Crippen LogP contribution in [0.2, 0.25) is 0 Å². The van der Waals surface area contributed by atoms with E-state index < -0.39 is 11.1 Å². The smallest absolute Gasteiger partial charge is 0.410 e. The molecule has 1 fully saturated rings. The van der Waals surface area contributed by atoms with Gasteiger partial charge in [-0.3, -0.25) is 9.59 Å². The fourth-order valence-corrected chi connectivity index (χ4v) is 4.19. The summed E-state index contributed by atoms with van der Waals surface area (Å²) < 4.78 is 5.46. The summed E-state index contributed by atoms with van der Waals surface area (Å²) in [6.45, 7) is 12.1. The number of ether oxygens (including phenoxy) is 1. The van der Waals surface area contributed by atoms with Crippen molar-refractivity contribution in [2.75, 3.05) is 13.1 Å². The van der Waals surface area contributed by atoms with E-state index in [0.717, 1.165) is 5.56 Å². The van der Waals surface area contributed by atoms with Gasteiger partial charge in [0.15, 0.2) is 0 Å². The number of nitrogens with one attached hydrogen (secondary N) is 2. The van der Waals surface area contributed by atoms with Gasteiger partial charge in [-0.25, -0.2) is 4.79 Å². The number of carbonyl (C=O) groups excluding carboxylic acids is 3. The quantitative estimate of drug-likeness (QED) is 0.599. The molecule has 0 bridgehead atoms. The van der Waals surface area contributed by atoms with Crippen molar-refractivity contribution in [2.45, 2.75) is 71.1 Å². The Balaban J connectivity index is 2.10. The first-order valence-electron chi connectivity index (χ1n) is 11.3. The van der Waals surface area contributed by atoms with Crippen LogP contribution in [-0.4, -0.2) is 47.0 Å². The van der Waals surface area contributed by atoms with E-state index in [-0.39, 0.29) is 30.4 Å². The van der Waals surface area contributed by atoms with Gasteiger partial charge < -0.3 is 20.3 Å². The lowest BCUT2D eigenvalue weighted by Crippen LogP contribution is -2.66. The van der Waals surface area contributed by atoms with E-state index in [4.69, 9.17) is 4.74 Å². The summed E-state index contributed by atoms with van der Waals surface area (Å²) >= 11 is 0. The van der Waals surface area contributed by atoms with Crippen LogP contribution in [-0.2, 0) is 20.9 Å². The summed E-state index contributed by atoms with van der Waals surface area (Å²) in [5.41, 5.74) is -0.548. The van der Waals surface area contributed by atoms with E-state index in [2.05, 4.69) is 17.2 Å². The molecule has 0 aliphatic carbocycles. The van der Waals surface area contributed by atoms with Crippen molar-refractivity contribution in [3.05, 3.63) is 48.6 Å². The van der Waals surface area contributed by atoms with Gasteiger partial charge in [0.2, 0.25) is 11.8 Å². The van der Waals surface area contributed by atoms with Crippen molar-refractivity contribution >= 4 is 17.9 Å². The van der Waals surface area contributed by atoms with Crippen LogP contribution >= 0.6 is 0 Å². The number of hydrogen-bond donors (Lipinski definition) is 2. The molecule has 7 heteroatoms. The average Bonchev–Trinajstić information content (AvgIpc) is 2.74. The molecule has 0 spiro atoms. The lowest BCUT2D eigenvalue weighted by atomic mass is 9.73. The topological polar surface area (TPSA) is 87.7 Å². The maximum atomic E-state index is 13.4. The monoisotopic (exact) mass is 443 g/mol. The molecule has 2 rings (SSSR count). The molecule has 3 amide bonds. The van der Waals surface area contributed by atoms with Crippen LogP contribution in [0.1, 0.15) is 58.9 Å². The predicted molar refractivity (Wildman–Crippen MR) is 125 cm³/mol. The zero-order valence-electron chi connectivity index (χ0n) is 19.8. The fourth-order valence-electron chi connectivity index (χ4n) is 4.19. The molecule has 2 N–H and O–H groups in total. The maximum Gasteiger partial charge on any atom is 0.410 e. The van der Waals surface area contributed by atoms with Gasteiger partial charge in [-0.1, -0.05) is 36.4 Å². The van der Waals surface area contributed by atoms with Crippen molar-refractivity contribution in [3.8, 4) is 0 Å². The molecule has 0 saturated carbocycles. The number of piperidine rings is 1. The molecule has 32 heavy (non-hydrogen) atoms. The van der Waals surface area contributed by atoms with Gasteiger partial charge in [0.05, 0.1) is 0 Å². The molecule has 1 unspecified atom stereocenters. The summed E-state index contributed by atoms with van der Waals surface area (Å²) in [5.74, 6) is -0.540. The average molecular weight is 444 g/mol. The summed E-state index contributed by atoms with van der Waals surface area (Å²) in [4.78, 5) is 39.8. The number of benzene rings is 1. The van der Waals surface area contributed by atoms with Gasteiger partial charge in [0.1, 0.15) is 12.1 Å². The van der Waals surface area contributed by atoms with Crippen molar-refractivity contribution in [3.63, 3.8) is 0 Å². The van der Waals surface area contributed by atoms with E-state index in [1.54, 1.807) is 11.0 Å². The molecule has 176 valence electrons. The number of rotatable bonds is 8. The molecule has 1 atom stereocenters. The molecule has 1 aliphatic heterocycles. The molecule has 1 aliphatic rings. The highest BCUT2D eigenvalue weighted by molar-refractivity contribution is 5.91. The second-order valence-corrected chi connectivity index (χ2v) is 9.49. The number of carbonyl (C=O) groups is 3. The van der Waals surface area contributed by atoms with E-state index in [0.29, 0.717) is 38.8 Å². The third kappa shape index (κ3) is 7.11. The Bertz CT molecular complexity index is 795. The SMILES string of the molecule is C=CCCC(NC(C)=O)(C(=O)NC(C)(C)C)C1CCN(C(=O)OCc2ccccc2)CC1. The Kier molecular flexibility index (Phi) is 8.87. The molecule has 1 saturated heterocycles. The predicted octanol–water partition coefficient (Wildman–Crippen LogP) is 3.79.